The summed E-state index contributed by atoms with van der Waals surface area (Å²) >= 11 is 1.88. The van der Waals surface area contributed by atoms with Gasteiger partial charge < -0.3 is 5.32 Å². The molecule has 0 saturated carbocycles. The molecule has 3 rings (SSSR count). The Kier molecular flexibility index (Phi) is 2.06. The van der Waals surface area contributed by atoms with Crippen LogP contribution in [0.5, 0.6) is 0 Å². The van der Waals surface area contributed by atoms with E-state index in [1.54, 1.807) is 0 Å². The van der Waals surface area contributed by atoms with Gasteiger partial charge in [0.05, 0.1) is 10.4 Å². The zero-order valence-corrected chi connectivity index (χ0v) is 9.40. The average Bonchev–Trinajstić information content (AvgIpc) is 2.26. The first kappa shape index (κ1) is 9.04. The maximum atomic E-state index is 4.64. The highest BCUT2D eigenvalue weighted by molar-refractivity contribution is 7.99. The molecular formula is C12H12N2S. The third-order valence-corrected chi connectivity index (χ3v) is 3.62. The van der Waals surface area contributed by atoms with E-state index in [9.17, 15) is 0 Å². The number of hydrogen-bond donors (Lipinski definition) is 1. The van der Waals surface area contributed by atoms with Crippen molar-refractivity contribution in [2.75, 3.05) is 17.6 Å². The van der Waals surface area contributed by atoms with Crippen LogP contribution in [-0.4, -0.2) is 17.3 Å². The van der Waals surface area contributed by atoms with Crippen LogP contribution in [0.4, 0.5) is 5.82 Å². The number of benzene rings is 1. The van der Waals surface area contributed by atoms with E-state index in [1.165, 1.54) is 15.8 Å². The van der Waals surface area contributed by atoms with Crippen LogP contribution in [0, 0.1) is 6.92 Å². The molecule has 0 unspecified atom stereocenters. The number of hydrogen-bond acceptors (Lipinski definition) is 3. The maximum Gasteiger partial charge on any atom is 0.140 e. The van der Waals surface area contributed by atoms with E-state index in [2.05, 4.69) is 41.5 Å². The minimum atomic E-state index is 1.02. The number of pyridine rings is 1. The van der Waals surface area contributed by atoms with E-state index in [0.29, 0.717) is 0 Å². The summed E-state index contributed by atoms with van der Waals surface area (Å²) in [6, 6.07) is 8.65. The summed E-state index contributed by atoms with van der Waals surface area (Å²) in [7, 11) is 0. The Morgan fingerprint density at radius 2 is 2.27 bits per heavy atom. The number of fused-ring (bicyclic) bond motifs is 2. The van der Waals surface area contributed by atoms with Gasteiger partial charge in [0.1, 0.15) is 5.82 Å². The molecule has 2 nitrogen and oxygen atoms in total. The first-order valence-corrected chi connectivity index (χ1v) is 6.09. The molecule has 3 heteroatoms. The van der Waals surface area contributed by atoms with Crippen molar-refractivity contribution in [1.29, 1.82) is 0 Å². The predicted octanol–water partition coefficient (Wildman–Crippen LogP) is 3.06. The molecule has 0 saturated heterocycles. The highest BCUT2D eigenvalue weighted by Crippen LogP contribution is 2.32. The predicted molar refractivity (Wildman–Crippen MR) is 65.7 cm³/mol. The van der Waals surface area contributed by atoms with Gasteiger partial charge in [-0.2, -0.15) is 0 Å². The highest BCUT2D eigenvalue weighted by atomic mass is 32.2. The van der Waals surface area contributed by atoms with Crippen molar-refractivity contribution in [2.45, 2.75) is 11.8 Å². The molecule has 76 valence electrons. The summed E-state index contributed by atoms with van der Waals surface area (Å²) in [6.45, 7) is 3.12. The van der Waals surface area contributed by atoms with E-state index < -0.39 is 0 Å². The summed E-state index contributed by atoms with van der Waals surface area (Å²) in [5, 5.41) is 4.57. The highest BCUT2D eigenvalue weighted by Gasteiger charge is 2.11. The van der Waals surface area contributed by atoms with Crippen LogP contribution >= 0.6 is 11.8 Å². The van der Waals surface area contributed by atoms with Gasteiger partial charge >= 0.3 is 0 Å². The van der Waals surface area contributed by atoms with Gasteiger partial charge in [-0.3, -0.25) is 0 Å². The van der Waals surface area contributed by atoms with Crippen molar-refractivity contribution in [2.24, 2.45) is 0 Å². The van der Waals surface area contributed by atoms with Crippen molar-refractivity contribution in [3.05, 3.63) is 29.8 Å². The fourth-order valence-corrected chi connectivity index (χ4v) is 2.71. The van der Waals surface area contributed by atoms with E-state index >= 15 is 0 Å². The third kappa shape index (κ3) is 1.57. The molecule has 0 atom stereocenters. The Morgan fingerprint density at radius 1 is 1.33 bits per heavy atom. The molecule has 1 aliphatic heterocycles. The lowest BCUT2D eigenvalue weighted by molar-refractivity contribution is 1.12. The fourth-order valence-electron chi connectivity index (χ4n) is 1.82. The molecule has 2 aromatic rings. The van der Waals surface area contributed by atoms with Crippen LogP contribution in [0.25, 0.3) is 10.9 Å². The number of nitrogens with zero attached hydrogens (tertiary/aromatic N) is 1. The molecule has 1 aliphatic rings. The van der Waals surface area contributed by atoms with Crippen LogP contribution in [0.15, 0.2) is 29.2 Å². The smallest absolute Gasteiger partial charge is 0.140 e. The Balaban J connectivity index is 2.26. The summed E-state index contributed by atoms with van der Waals surface area (Å²) in [5.74, 6) is 2.18. The lowest BCUT2D eigenvalue weighted by Gasteiger charge is -2.16. The molecule has 0 fully saturated rings. The second-order valence-corrected chi connectivity index (χ2v) is 4.94. The van der Waals surface area contributed by atoms with Crippen LogP contribution in [0.1, 0.15) is 5.56 Å². The Labute approximate surface area is 93.1 Å². The molecule has 0 bridgehead atoms. The molecule has 0 spiro atoms. The van der Waals surface area contributed by atoms with Crippen molar-refractivity contribution in [3.63, 3.8) is 0 Å². The normalized spacial score (nSPS) is 14.7. The lowest BCUT2D eigenvalue weighted by atomic mass is 10.1. The third-order valence-electron chi connectivity index (χ3n) is 2.59. The van der Waals surface area contributed by atoms with Crippen molar-refractivity contribution in [1.82, 2.24) is 4.98 Å². The van der Waals surface area contributed by atoms with Crippen LogP contribution in [-0.2, 0) is 0 Å². The monoisotopic (exact) mass is 216 g/mol. The Hall–Kier alpha value is -1.22. The molecule has 0 amide bonds. The van der Waals surface area contributed by atoms with Crippen LogP contribution in [0.2, 0.25) is 0 Å². The van der Waals surface area contributed by atoms with Crippen LogP contribution in [0.3, 0.4) is 0 Å². The number of aryl methyl sites for hydroxylation is 1. The van der Waals surface area contributed by atoms with Crippen molar-refractivity contribution >= 4 is 28.5 Å². The summed E-state index contributed by atoms with van der Waals surface area (Å²) in [6.07, 6.45) is 0. The molecule has 15 heavy (non-hydrogen) atoms. The van der Waals surface area contributed by atoms with E-state index in [-0.39, 0.29) is 0 Å². The second kappa shape index (κ2) is 3.42. The largest absolute Gasteiger partial charge is 0.368 e. The molecular weight excluding hydrogens is 204 g/mol. The minimum absolute atomic E-state index is 1.02. The van der Waals surface area contributed by atoms with E-state index in [0.717, 1.165) is 23.6 Å². The standard InChI is InChI=1S/C12H12N2S/c1-8-2-3-9-7-11-12(13-4-5-15-11)14-10(9)6-8/h2-3,6-7H,4-5H2,1H3,(H,13,14). The maximum absolute atomic E-state index is 4.64. The molecule has 0 aliphatic carbocycles. The zero-order valence-electron chi connectivity index (χ0n) is 8.58. The fraction of sp³-hybridized carbons (Fsp3) is 0.250. The molecule has 0 radical (unpaired) electrons. The average molecular weight is 216 g/mol. The van der Waals surface area contributed by atoms with Gasteiger partial charge in [0.2, 0.25) is 0 Å². The summed E-state index contributed by atoms with van der Waals surface area (Å²) in [4.78, 5) is 5.92. The van der Waals surface area contributed by atoms with Gasteiger partial charge in [-0.25, -0.2) is 4.98 Å². The van der Waals surface area contributed by atoms with E-state index in [4.69, 9.17) is 0 Å². The number of nitrogens with one attached hydrogen (secondary N) is 1. The number of rotatable bonds is 0. The second-order valence-electron chi connectivity index (χ2n) is 3.81. The number of anilines is 1. The first-order chi connectivity index (χ1) is 7.33. The van der Waals surface area contributed by atoms with Crippen LogP contribution < -0.4 is 5.32 Å². The van der Waals surface area contributed by atoms with Crippen molar-refractivity contribution < 1.29 is 0 Å². The number of thioether (sulfide) groups is 1. The van der Waals surface area contributed by atoms with E-state index in [1.807, 2.05) is 11.8 Å². The molecule has 2 heterocycles. The zero-order chi connectivity index (χ0) is 10.3. The molecule has 1 aromatic heterocycles. The quantitative estimate of drug-likeness (QED) is 0.732. The summed E-state index contributed by atoms with van der Waals surface area (Å²) < 4.78 is 0. The Bertz CT molecular complexity index is 522. The molecule has 1 aromatic carbocycles. The van der Waals surface area contributed by atoms with Gasteiger partial charge in [0.25, 0.3) is 0 Å². The Morgan fingerprint density at radius 3 is 3.20 bits per heavy atom. The minimum Gasteiger partial charge on any atom is -0.368 e. The van der Waals surface area contributed by atoms with Gasteiger partial charge in [0.15, 0.2) is 0 Å². The molecule has 1 N–H and O–H groups in total. The SMILES string of the molecule is Cc1ccc2cc3c(nc2c1)NCCS3. The van der Waals surface area contributed by atoms with Gasteiger partial charge in [0, 0.05) is 17.7 Å². The first-order valence-electron chi connectivity index (χ1n) is 5.11. The summed E-state index contributed by atoms with van der Waals surface area (Å²) in [5.41, 5.74) is 2.35. The van der Waals surface area contributed by atoms with Gasteiger partial charge in [-0.1, -0.05) is 12.1 Å². The van der Waals surface area contributed by atoms with Gasteiger partial charge in [-0.05, 0) is 24.6 Å². The topological polar surface area (TPSA) is 24.9 Å². The number of aromatic nitrogens is 1. The lowest BCUT2D eigenvalue weighted by Crippen LogP contribution is -2.11. The van der Waals surface area contributed by atoms with Gasteiger partial charge in [-0.15, -0.1) is 11.8 Å². The van der Waals surface area contributed by atoms with Crippen molar-refractivity contribution in [3.8, 4) is 0 Å².